The molecule has 0 heterocycles. The number of hydrogen-bond acceptors (Lipinski definition) is 6. The Kier molecular flexibility index (Phi) is 8.46. The predicted molar refractivity (Wildman–Crippen MR) is 110 cm³/mol. The van der Waals surface area contributed by atoms with Crippen LogP contribution >= 0.6 is 0 Å². The second-order valence-corrected chi connectivity index (χ2v) is 6.65. The summed E-state index contributed by atoms with van der Waals surface area (Å²) >= 11 is 0. The van der Waals surface area contributed by atoms with Crippen LogP contribution in [0.3, 0.4) is 0 Å². The van der Waals surface area contributed by atoms with Gasteiger partial charge in [-0.3, -0.25) is 9.59 Å². The van der Waals surface area contributed by atoms with Crippen molar-refractivity contribution in [3.05, 3.63) is 59.2 Å². The van der Waals surface area contributed by atoms with Crippen LogP contribution in [0.15, 0.2) is 42.5 Å². The van der Waals surface area contributed by atoms with E-state index >= 15 is 0 Å². The summed E-state index contributed by atoms with van der Waals surface area (Å²) in [6.45, 7) is 2.57. The van der Waals surface area contributed by atoms with E-state index in [9.17, 15) is 22.8 Å². The molecule has 1 atom stereocenters. The van der Waals surface area contributed by atoms with Gasteiger partial charge in [0.05, 0.1) is 23.7 Å². The molecule has 2 N–H and O–H groups in total. The number of nitriles is 1. The minimum atomic E-state index is -4.97. The van der Waals surface area contributed by atoms with Crippen molar-refractivity contribution in [3.8, 4) is 11.8 Å². The summed E-state index contributed by atoms with van der Waals surface area (Å²) in [6.07, 6.45) is -5.26. The van der Waals surface area contributed by atoms with Crippen molar-refractivity contribution in [2.75, 3.05) is 18.5 Å². The van der Waals surface area contributed by atoms with Crippen molar-refractivity contribution in [2.24, 2.45) is 0 Å². The fraction of sp³-hybridized carbons (Fsp3) is 0.318. The first-order valence-electron chi connectivity index (χ1n) is 9.68. The highest BCUT2D eigenvalue weighted by Gasteiger charge is 2.38. The van der Waals surface area contributed by atoms with E-state index in [-0.39, 0.29) is 18.9 Å². The van der Waals surface area contributed by atoms with Crippen molar-refractivity contribution in [2.45, 2.75) is 32.7 Å². The highest BCUT2D eigenvalue weighted by molar-refractivity contribution is 5.81. The van der Waals surface area contributed by atoms with Crippen LogP contribution in [0.25, 0.3) is 0 Å². The Bertz CT molecular complexity index is 985. The molecule has 0 saturated heterocycles. The number of alkyl halides is 3. The smallest absolute Gasteiger partial charge is 0.471 e. The molecule has 170 valence electrons. The zero-order valence-electron chi connectivity index (χ0n) is 17.5. The summed E-state index contributed by atoms with van der Waals surface area (Å²) in [5.74, 6) is -2.35. The third kappa shape index (κ3) is 7.19. The summed E-state index contributed by atoms with van der Waals surface area (Å²) in [5, 5.41) is 13.7. The van der Waals surface area contributed by atoms with Gasteiger partial charge in [0.1, 0.15) is 12.4 Å². The first-order chi connectivity index (χ1) is 15.1. The first kappa shape index (κ1) is 24.5. The molecule has 0 aliphatic carbocycles. The van der Waals surface area contributed by atoms with Gasteiger partial charge in [-0.1, -0.05) is 13.0 Å². The van der Waals surface area contributed by atoms with Crippen molar-refractivity contribution in [1.29, 1.82) is 5.26 Å². The predicted octanol–water partition coefficient (Wildman–Crippen LogP) is 3.85. The highest BCUT2D eigenvalue weighted by Crippen LogP contribution is 2.31. The SMILES string of the molecule is CCc1ccc(OCCNC(=O)C(F)(F)F)c(C(Nc2ccc(C#N)cc2)OC(C)=O)c1. The molecule has 0 radical (unpaired) electrons. The van der Waals surface area contributed by atoms with E-state index in [1.165, 1.54) is 6.92 Å². The summed E-state index contributed by atoms with van der Waals surface area (Å²) in [6, 6.07) is 13.6. The summed E-state index contributed by atoms with van der Waals surface area (Å²) in [5.41, 5.74) is 2.39. The standard InChI is InChI=1S/C22H22F3N3O4/c1-3-15-6-9-19(31-11-10-27-21(30)22(23,24)25)18(12-15)20(32-14(2)29)28-17-7-4-16(13-26)5-8-17/h4-9,12,20,28H,3,10-11H2,1-2H3,(H,27,30). The van der Waals surface area contributed by atoms with Gasteiger partial charge >= 0.3 is 18.1 Å². The minimum absolute atomic E-state index is 0.232. The topological polar surface area (TPSA) is 100 Å². The van der Waals surface area contributed by atoms with Gasteiger partial charge in [0.2, 0.25) is 6.23 Å². The first-order valence-corrected chi connectivity index (χ1v) is 9.68. The monoisotopic (exact) mass is 449 g/mol. The Morgan fingerprint density at radius 1 is 1.16 bits per heavy atom. The van der Waals surface area contributed by atoms with Gasteiger partial charge in [0, 0.05) is 12.6 Å². The number of rotatable bonds is 9. The average molecular weight is 449 g/mol. The number of anilines is 1. The van der Waals surface area contributed by atoms with Crippen LogP contribution in [0.4, 0.5) is 18.9 Å². The van der Waals surface area contributed by atoms with E-state index in [1.807, 2.05) is 13.0 Å². The Morgan fingerprint density at radius 3 is 2.41 bits per heavy atom. The number of aryl methyl sites for hydroxylation is 1. The molecule has 0 aliphatic heterocycles. The fourth-order valence-corrected chi connectivity index (χ4v) is 2.71. The molecule has 0 aromatic heterocycles. The van der Waals surface area contributed by atoms with E-state index in [0.29, 0.717) is 23.2 Å². The Labute approximate surface area is 183 Å². The minimum Gasteiger partial charge on any atom is -0.491 e. The lowest BCUT2D eigenvalue weighted by Crippen LogP contribution is -2.38. The van der Waals surface area contributed by atoms with Crippen LogP contribution in [0.1, 0.15) is 36.8 Å². The van der Waals surface area contributed by atoms with Crippen molar-refractivity contribution in [3.63, 3.8) is 0 Å². The van der Waals surface area contributed by atoms with E-state index in [0.717, 1.165) is 5.56 Å². The van der Waals surface area contributed by atoms with Crippen LogP contribution < -0.4 is 15.4 Å². The number of nitrogens with zero attached hydrogens (tertiary/aromatic N) is 1. The lowest BCUT2D eigenvalue weighted by Gasteiger charge is -2.23. The largest absolute Gasteiger partial charge is 0.491 e. The van der Waals surface area contributed by atoms with Crippen LogP contribution in [-0.2, 0) is 20.7 Å². The molecule has 2 rings (SSSR count). The molecule has 0 spiro atoms. The van der Waals surface area contributed by atoms with E-state index in [4.69, 9.17) is 14.7 Å². The lowest BCUT2D eigenvalue weighted by atomic mass is 10.1. The molecule has 10 heteroatoms. The summed E-state index contributed by atoms with van der Waals surface area (Å²) in [7, 11) is 0. The molecule has 0 bridgehead atoms. The van der Waals surface area contributed by atoms with Crippen LogP contribution in [-0.4, -0.2) is 31.2 Å². The van der Waals surface area contributed by atoms with Crippen LogP contribution in [0, 0.1) is 11.3 Å². The van der Waals surface area contributed by atoms with Crippen molar-refractivity contribution in [1.82, 2.24) is 5.32 Å². The molecule has 2 aromatic carbocycles. The number of carbonyl (C=O) groups is 2. The molecule has 2 aromatic rings. The summed E-state index contributed by atoms with van der Waals surface area (Å²) < 4.78 is 47.9. The average Bonchev–Trinajstić information content (AvgIpc) is 2.75. The van der Waals surface area contributed by atoms with Gasteiger partial charge in [0.25, 0.3) is 0 Å². The Hall–Kier alpha value is -3.74. The van der Waals surface area contributed by atoms with Crippen LogP contribution in [0.2, 0.25) is 0 Å². The third-order valence-corrected chi connectivity index (χ3v) is 4.26. The number of esters is 1. The van der Waals surface area contributed by atoms with Gasteiger partial charge in [-0.05, 0) is 48.4 Å². The maximum atomic E-state index is 12.3. The second-order valence-electron chi connectivity index (χ2n) is 6.65. The fourth-order valence-electron chi connectivity index (χ4n) is 2.71. The molecule has 0 saturated carbocycles. The number of benzene rings is 2. The highest BCUT2D eigenvalue weighted by atomic mass is 19.4. The number of ether oxygens (including phenoxy) is 2. The zero-order chi connectivity index (χ0) is 23.7. The molecular formula is C22H22F3N3O4. The number of halogens is 3. The normalized spacial score (nSPS) is 11.8. The van der Waals surface area contributed by atoms with E-state index in [1.54, 1.807) is 47.8 Å². The molecule has 7 nitrogen and oxygen atoms in total. The van der Waals surface area contributed by atoms with Gasteiger partial charge in [-0.25, -0.2) is 0 Å². The number of carbonyl (C=O) groups excluding carboxylic acids is 2. The maximum Gasteiger partial charge on any atom is 0.471 e. The van der Waals surface area contributed by atoms with Crippen LogP contribution in [0.5, 0.6) is 5.75 Å². The zero-order valence-corrected chi connectivity index (χ0v) is 17.5. The molecule has 0 aliphatic rings. The van der Waals surface area contributed by atoms with Gasteiger partial charge in [-0.15, -0.1) is 0 Å². The van der Waals surface area contributed by atoms with E-state index < -0.39 is 24.3 Å². The van der Waals surface area contributed by atoms with Crippen molar-refractivity contribution < 1.29 is 32.2 Å². The summed E-state index contributed by atoms with van der Waals surface area (Å²) in [4.78, 5) is 22.6. The molecular weight excluding hydrogens is 427 g/mol. The van der Waals surface area contributed by atoms with Gasteiger partial charge < -0.3 is 20.1 Å². The molecule has 0 fully saturated rings. The third-order valence-electron chi connectivity index (χ3n) is 4.26. The number of amides is 1. The second kappa shape index (κ2) is 11.0. The Morgan fingerprint density at radius 2 is 1.84 bits per heavy atom. The maximum absolute atomic E-state index is 12.3. The van der Waals surface area contributed by atoms with Crippen molar-refractivity contribution >= 4 is 17.6 Å². The molecule has 1 amide bonds. The lowest BCUT2D eigenvalue weighted by molar-refractivity contribution is -0.173. The van der Waals surface area contributed by atoms with Gasteiger partial charge in [0.15, 0.2) is 0 Å². The number of nitrogens with one attached hydrogen (secondary N) is 2. The van der Waals surface area contributed by atoms with E-state index in [2.05, 4.69) is 5.32 Å². The van der Waals surface area contributed by atoms with Gasteiger partial charge in [-0.2, -0.15) is 18.4 Å². The molecule has 32 heavy (non-hydrogen) atoms. The Balaban J connectivity index is 2.23. The molecule has 1 unspecified atom stereocenters. The quantitative estimate of drug-likeness (QED) is 0.343. The number of hydrogen-bond donors (Lipinski definition) is 2.